The first kappa shape index (κ1) is 15.4. The molecule has 0 amide bonds. The van der Waals surface area contributed by atoms with Crippen LogP contribution in [-0.4, -0.2) is 49.6 Å². The van der Waals surface area contributed by atoms with Crippen molar-refractivity contribution >= 4 is 6.08 Å². The SMILES string of the molecule is C=CC[C@@H](C[C@H]1O[C@@H](OC)[C@@H]2OC(C)(C)O[C@@H]21)N=C=O. The van der Waals surface area contributed by atoms with Crippen LogP contribution in [0.4, 0.5) is 0 Å². The van der Waals surface area contributed by atoms with Gasteiger partial charge in [0.2, 0.25) is 6.08 Å². The standard InChI is InChI=1S/C14H21NO5/c1-5-6-9(15-8-16)7-10-11-12(13(17-4)18-10)20-14(2,3)19-11/h5,9-13H,1,6-7H2,2-4H3/t9-,10+,11+,12+,13+/m0/s1. The molecule has 2 aliphatic heterocycles. The molecule has 0 N–H and O–H groups in total. The highest BCUT2D eigenvalue weighted by Crippen LogP contribution is 2.40. The van der Waals surface area contributed by atoms with E-state index in [1.807, 2.05) is 13.8 Å². The summed E-state index contributed by atoms with van der Waals surface area (Å²) >= 11 is 0. The van der Waals surface area contributed by atoms with E-state index in [0.717, 1.165) is 0 Å². The molecule has 0 saturated carbocycles. The van der Waals surface area contributed by atoms with Gasteiger partial charge < -0.3 is 18.9 Å². The minimum Gasteiger partial charge on any atom is -0.353 e. The summed E-state index contributed by atoms with van der Waals surface area (Å²) in [4.78, 5) is 14.3. The zero-order chi connectivity index (χ0) is 14.8. The van der Waals surface area contributed by atoms with Crippen LogP contribution in [0, 0.1) is 0 Å². The third-order valence-corrected chi connectivity index (χ3v) is 3.52. The highest BCUT2D eigenvalue weighted by Gasteiger charge is 2.55. The maximum absolute atomic E-state index is 10.5. The maximum atomic E-state index is 10.5. The van der Waals surface area contributed by atoms with Gasteiger partial charge in [0, 0.05) is 7.11 Å². The molecule has 0 aromatic carbocycles. The van der Waals surface area contributed by atoms with Crippen molar-refractivity contribution < 1.29 is 23.7 Å². The molecule has 6 nitrogen and oxygen atoms in total. The minimum absolute atomic E-state index is 0.210. The Hall–Kier alpha value is -1.04. The van der Waals surface area contributed by atoms with E-state index in [0.29, 0.717) is 12.8 Å². The van der Waals surface area contributed by atoms with Crippen molar-refractivity contribution in [3.05, 3.63) is 12.7 Å². The largest absolute Gasteiger partial charge is 0.353 e. The van der Waals surface area contributed by atoms with Gasteiger partial charge in [-0.1, -0.05) is 6.08 Å². The number of fused-ring (bicyclic) bond motifs is 1. The van der Waals surface area contributed by atoms with E-state index in [4.69, 9.17) is 18.9 Å². The van der Waals surface area contributed by atoms with E-state index >= 15 is 0 Å². The molecule has 0 spiro atoms. The fourth-order valence-corrected chi connectivity index (χ4v) is 2.76. The number of nitrogens with zero attached hydrogens (tertiary/aromatic N) is 1. The third kappa shape index (κ3) is 3.16. The monoisotopic (exact) mass is 283 g/mol. The Kier molecular flexibility index (Phi) is 4.73. The molecule has 112 valence electrons. The lowest BCUT2D eigenvalue weighted by Gasteiger charge is -2.24. The summed E-state index contributed by atoms with van der Waals surface area (Å²) in [6, 6.07) is -0.210. The van der Waals surface area contributed by atoms with Crippen molar-refractivity contribution in [3.63, 3.8) is 0 Å². The lowest BCUT2D eigenvalue weighted by Crippen LogP contribution is -2.32. The van der Waals surface area contributed by atoms with Crippen molar-refractivity contribution in [2.45, 2.75) is 63.1 Å². The minimum atomic E-state index is -0.657. The first-order valence-corrected chi connectivity index (χ1v) is 6.72. The lowest BCUT2D eigenvalue weighted by molar-refractivity contribution is -0.227. The average molecular weight is 283 g/mol. The lowest BCUT2D eigenvalue weighted by atomic mass is 10.0. The van der Waals surface area contributed by atoms with Crippen LogP contribution >= 0.6 is 0 Å². The molecule has 0 bridgehead atoms. The van der Waals surface area contributed by atoms with E-state index in [9.17, 15) is 4.79 Å². The van der Waals surface area contributed by atoms with E-state index in [1.54, 1.807) is 19.3 Å². The predicted molar refractivity (Wildman–Crippen MR) is 70.8 cm³/mol. The molecular weight excluding hydrogens is 262 g/mol. The Labute approximate surface area is 118 Å². The number of isocyanates is 1. The van der Waals surface area contributed by atoms with Crippen LogP contribution in [-0.2, 0) is 23.7 Å². The molecule has 6 heteroatoms. The van der Waals surface area contributed by atoms with Gasteiger partial charge in [0.25, 0.3) is 0 Å². The second kappa shape index (κ2) is 6.16. The molecule has 2 heterocycles. The van der Waals surface area contributed by atoms with Crippen LogP contribution in [0.1, 0.15) is 26.7 Å². The Morgan fingerprint density at radius 3 is 2.75 bits per heavy atom. The number of methoxy groups -OCH3 is 1. The van der Waals surface area contributed by atoms with Crippen molar-refractivity contribution in [3.8, 4) is 0 Å². The van der Waals surface area contributed by atoms with Gasteiger partial charge in [-0.05, 0) is 26.7 Å². The molecule has 0 aromatic rings. The first-order valence-electron chi connectivity index (χ1n) is 6.72. The molecule has 2 aliphatic rings. The summed E-state index contributed by atoms with van der Waals surface area (Å²) in [6.45, 7) is 7.39. The molecular formula is C14H21NO5. The van der Waals surface area contributed by atoms with Crippen LogP contribution in [0.25, 0.3) is 0 Å². The molecule has 0 aliphatic carbocycles. The summed E-state index contributed by atoms with van der Waals surface area (Å²) in [5, 5.41) is 0. The molecule has 2 saturated heterocycles. The Morgan fingerprint density at radius 1 is 1.45 bits per heavy atom. The molecule has 2 fully saturated rings. The summed E-state index contributed by atoms with van der Waals surface area (Å²) in [5.74, 6) is -0.657. The second-order valence-corrected chi connectivity index (χ2v) is 5.48. The van der Waals surface area contributed by atoms with Gasteiger partial charge in [-0.25, -0.2) is 9.79 Å². The Bertz CT molecular complexity index is 404. The van der Waals surface area contributed by atoms with E-state index < -0.39 is 12.1 Å². The number of hydrogen-bond donors (Lipinski definition) is 0. The van der Waals surface area contributed by atoms with Gasteiger partial charge in [-0.15, -0.1) is 6.58 Å². The summed E-state index contributed by atoms with van der Waals surface area (Å²) < 4.78 is 22.8. The van der Waals surface area contributed by atoms with Crippen molar-refractivity contribution in [2.24, 2.45) is 4.99 Å². The summed E-state index contributed by atoms with van der Waals surface area (Å²) in [6.07, 6.45) is 3.29. The number of hydrogen-bond acceptors (Lipinski definition) is 6. The van der Waals surface area contributed by atoms with Gasteiger partial charge in [0.15, 0.2) is 12.1 Å². The molecule has 20 heavy (non-hydrogen) atoms. The van der Waals surface area contributed by atoms with Crippen molar-refractivity contribution in [2.75, 3.05) is 7.11 Å². The molecule has 2 rings (SSSR count). The Balaban J connectivity index is 2.08. The zero-order valence-electron chi connectivity index (χ0n) is 12.1. The normalized spacial score (nSPS) is 36.1. The fraction of sp³-hybridized carbons (Fsp3) is 0.786. The highest BCUT2D eigenvalue weighted by atomic mass is 16.8. The highest BCUT2D eigenvalue weighted by molar-refractivity contribution is 5.33. The number of ether oxygens (including phenoxy) is 4. The fourth-order valence-electron chi connectivity index (χ4n) is 2.76. The molecule has 0 aromatic heterocycles. The van der Waals surface area contributed by atoms with E-state index in [2.05, 4.69) is 11.6 Å². The third-order valence-electron chi connectivity index (χ3n) is 3.52. The second-order valence-electron chi connectivity index (χ2n) is 5.48. The number of aliphatic imine (C=N–C) groups is 1. The number of rotatable bonds is 6. The summed E-state index contributed by atoms with van der Waals surface area (Å²) in [7, 11) is 1.57. The van der Waals surface area contributed by atoms with Gasteiger partial charge in [0.1, 0.15) is 12.2 Å². The van der Waals surface area contributed by atoms with Crippen LogP contribution in [0.5, 0.6) is 0 Å². The van der Waals surface area contributed by atoms with Crippen LogP contribution in [0.2, 0.25) is 0 Å². The maximum Gasteiger partial charge on any atom is 0.235 e. The Morgan fingerprint density at radius 2 is 2.15 bits per heavy atom. The van der Waals surface area contributed by atoms with E-state index in [1.165, 1.54) is 0 Å². The molecule has 0 radical (unpaired) electrons. The van der Waals surface area contributed by atoms with Gasteiger partial charge in [0.05, 0.1) is 12.1 Å². The van der Waals surface area contributed by atoms with Crippen LogP contribution < -0.4 is 0 Å². The van der Waals surface area contributed by atoms with Crippen molar-refractivity contribution in [1.29, 1.82) is 0 Å². The van der Waals surface area contributed by atoms with E-state index in [-0.39, 0.29) is 24.4 Å². The van der Waals surface area contributed by atoms with Gasteiger partial charge in [-0.2, -0.15) is 0 Å². The summed E-state index contributed by atoms with van der Waals surface area (Å²) in [5.41, 5.74) is 0. The zero-order valence-corrected chi connectivity index (χ0v) is 12.1. The predicted octanol–water partition coefficient (Wildman–Crippen LogP) is 1.55. The van der Waals surface area contributed by atoms with Gasteiger partial charge in [-0.3, -0.25) is 0 Å². The van der Waals surface area contributed by atoms with Crippen molar-refractivity contribution in [1.82, 2.24) is 0 Å². The first-order chi connectivity index (χ1) is 9.50. The van der Waals surface area contributed by atoms with Crippen LogP contribution in [0.3, 0.4) is 0 Å². The molecule has 0 unspecified atom stereocenters. The van der Waals surface area contributed by atoms with Crippen LogP contribution in [0.15, 0.2) is 17.6 Å². The topological polar surface area (TPSA) is 66.3 Å². The van der Waals surface area contributed by atoms with Gasteiger partial charge >= 0.3 is 0 Å². The quantitative estimate of drug-likeness (QED) is 0.420. The average Bonchev–Trinajstić information content (AvgIpc) is 2.84. The smallest absolute Gasteiger partial charge is 0.235 e. The number of carbonyl (C=O) groups excluding carboxylic acids is 1. The molecule has 5 atom stereocenters.